The second kappa shape index (κ2) is 7.08. The number of methoxy groups -OCH3 is 1. The quantitative estimate of drug-likeness (QED) is 0.723. The van der Waals surface area contributed by atoms with Gasteiger partial charge in [0.1, 0.15) is 6.04 Å². The van der Waals surface area contributed by atoms with Crippen LogP contribution in [0, 0.1) is 0 Å². The van der Waals surface area contributed by atoms with Crippen molar-refractivity contribution in [1.82, 2.24) is 5.32 Å². The molecule has 27 heavy (non-hydrogen) atoms. The van der Waals surface area contributed by atoms with Crippen molar-refractivity contribution >= 4 is 11.9 Å². The molecule has 0 saturated carbocycles. The van der Waals surface area contributed by atoms with Crippen LogP contribution in [0.4, 0.5) is 0 Å². The predicted molar refractivity (Wildman–Crippen MR) is 103 cm³/mol. The normalized spacial score (nSPS) is 13.4. The van der Waals surface area contributed by atoms with E-state index in [0.717, 1.165) is 22.3 Å². The predicted octanol–water partition coefficient (Wildman–Crippen LogP) is 3.77. The molecular formula is C23H19NO3. The lowest BCUT2D eigenvalue weighted by Crippen LogP contribution is -2.45. The summed E-state index contributed by atoms with van der Waals surface area (Å²) in [5.74, 6) is -1.05. The van der Waals surface area contributed by atoms with Gasteiger partial charge in [0.2, 0.25) is 0 Å². The second-order valence-electron chi connectivity index (χ2n) is 6.49. The van der Waals surface area contributed by atoms with Gasteiger partial charge < -0.3 is 10.1 Å². The van der Waals surface area contributed by atoms with Crippen LogP contribution in [0.2, 0.25) is 0 Å². The number of carbonyl (C=O) groups is 2. The Labute approximate surface area is 157 Å². The van der Waals surface area contributed by atoms with Gasteiger partial charge in [0, 0.05) is 11.5 Å². The highest BCUT2D eigenvalue weighted by molar-refractivity contribution is 5.97. The molecule has 0 spiro atoms. The molecule has 3 aromatic rings. The molecule has 1 unspecified atom stereocenters. The number of benzene rings is 3. The van der Waals surface area contributed by atoms with Gasteiger partial charge >= 0.3 is 5.97 Å². The van der Waals surface area contributed by atoms with Crippen LogP contribution in [0.15, 0.2) is 78.9 Å². The fourth-order valence-electron chi connectivity index (χ4n) is 3.77. The summed E-state index contributed by atoms with van der Waals surface area (Å²) in [5.41, 5.74) is 4.71. The topological polar surface area (TPSA) is 55.4 Å². The Bertz CT molecular complexity index is 952. The largest absolute Gasteiger partial charge is 0.467 e. The van der Waals surface area contributed by atoms with Crippen molar-refractivity contribution in [2.24, 2.45) is 0 Å². The number of hydrogen-bond donors (Lipinski definition) is 1. The van der Waals surface area contributed by atoms with Crippen LogP contribution in [-0.4, -0.2) is 25.0 Å². The van der Waals surface area contributed by atoms with E-state index in [4.69, 9.17) is 4.74 Å². The van der Waals surface area contributed by atoms with E-state index in [-0.39, 0.29) is 11.8 Å². The molecule has 0 bridgehead atoms. The highest BCUT2D eigenvalue weighted by atomic mass is 16.5. The number of hydrogen-bond acceptors (Lipinski definition) is 3. The Kier molecular flexibility index (Phi) is 4.47. The smallest absolute Gasteiger partial charge is 0.329 e. The van der Waals surface area contributed by atoms with Crippen LogP contribution in [-0.2, 0) is 9.53 Å². The average molecular weight is 357 g/mol. The molecule has 134 valence electrons. The molecule has 4 nitrogen and oxygen atoms in total. The van der Waals surface area contributed by atoms with Crippen LogP contribution < -0.4 is 5.32 Å². The first-order valence-corrected chi connectivity index (χ1v) is 8.82. The second-order valence-corrected chi connectivity index (χ2v) is 6.49. The van der Waals surface area contributed by atoms with E-state index in [1.54, 1.807) is 24.3 Å². The molecule has 0 heterocycles. The van der Waals surface area contributed by atoms with E-state index in [9.17, 15) is 9.59 Å². The monoisotopic (exact) mass is 357 g/mol. The third kappa shape index (κ3) is 2.99. The number of amides is 1. The lowest BCUT2D eigenvalue weighted by Gasteiger charge is -2.24. The molecule has 1 aliphatic carbocycles. The molecule has 0 fully saturated rings. The van der Waals surface area contributed by atoms with Crippen molar-refractivity contribution < 1.29 is 14.3 Å². The maximum Gasteiger partial charge on any atom is 0.329 e. The zero-order chi connectivity index (χ0) is 18.8. The van der Waals surface area contributed by atoms with Crippen LogP contribution in [0.25, 0.3) is 11.1 Å². The molecule has 1 amide bonds. The SMILES string of the molecule is COC(=O)C(NC(=O)c1ccccc1)C1c2ccccc2-c2ccccc21. The molecule has 4 rings (SSSR count). The van der Waals surface area contributed by atoms with Crippen molar-refractivity contribution in [2.75, 3.05) is 7.11 Å². The Morgan fingerprint density at radius 2 is 1.33 bits per heavy atom. The Morgan fingerprint density at radius 1 is 0.815 bits per heavy atom. The molecule has 1 atom stereocenters. The Morgan fingerprint density at radius 3 is 1.89 bits per heavy atom. The maximum atomic E-state index is 12.7. The summed E-state index contributed by atoms with van der Waals surface area (Å²) in [7, 11) is 1.34. The summed E-state index contributed by atoms with van der Waals surface area (Å²) in [6.07, 6.45) is 0. The van der Waals surface area contributed by atoms with Gasteiger partial charge in [-0.1, -0.05) is 66.7 Å². The zero-order valence-corrected chi connectivity index (χ0v) is 14.9. The number of fused-ring (bicyclic) bond motifs is 3. The first-order valence-electron chi connectivity index (χ1n) is 8.82. The standard InChI is InChI=1S/C23H19NO3/c1-27-23(26)21(24-22(25)15-9-3-2-4-10-15)20-18-13-7-5-11-16(18)17-12-6-8-14-19(17)20/h2-14,20-21H,1H3,(H,24,25). The van der Waals surface area contributed by atoms with Crippen molar-refractivity contribution in [3.05, 3.63) is 95.6 Å². The van der Waals surface area contributed by atoms with E-state index in [1.165, 1.54) is 7.11 Å². The number of rotatable bonds is 4. The molecule has 0 radical (unpaired) electrons. The van der Waals surface area contributed by atoms with Crippen molar-refractivity contribution in [2.45, 2.75) is 12.0 Å². The van der Waals surface area contributed by atoms with Gasteiger partial charge in [-0.3, -0.25) is 4.79 Å². The van der Waals surface area contributed by atoms with E-state index in [1.807, 2.05) is 54.6 Å². The molecule has 4 heteroatoms. The summed E-state index contributed by atoms with van der Waals surface area (Å²) < 4.78 is 5.04. The third-order valence-corrected chi connectivity index (χ3v) is 4.99. The minimum Gasteiger partial charge on any atom is -0.467 e. The van der Waals surface area contributed by atoms with Gasteiger partial charge in [0.05, 0.1) is 7.11 Å². The molecule has 0 aromatic heterocycles. The summed E-state index contributed by atoms with van der Waals surface area (Å²) in [5, 5.41) is 2.89. The van der Waals surface area contributed by atoms with Gasteiger partial charge in [0.25, 0.3) is 5.91 Å². The first kappa shape index (κ1) is 17.0. The van der Waals surface area contributed by atoms with Crippen LogP contribution in [0.1, 0.15) is 27.4 Å². The fourth-order valence-corrected chi connectivity index (χ4v) is 3.77. The summed E-state index contributed by atoms with van der Waals surface area (Å²) in [6.45, 7) is 0. The lowest BCUT2D eigenvalue weighted by atomic mass is 9.89. The van der Waals surface area contributed by atoms with E-state index < -0.39 is 12.0 Å². The molecule has 1 aliphatic rings. The maximum absolute atomic E-state index is 12.7. The third-order valence-electron chi connectivity index (χ3n) is 4.99. The van der Waals surface area contributed by atoms with Gasteiger partial charge in [-0.05, 0) is 34.4 Å². The van der Waals surface area contributed by atoms with Crippen molar-refractivity contribution in [3.63, 3.8) is 0 Å². The first-order chi connectivity index (χ1) is 13.2. The molecule has 0 saturated heterocycles. The highest BCUT2D eigenvalue weighted by Crippen LogP contribution is 2.46. The van der Waals surface area contributed by atoms with Gasteiger partial charge in [0.15, 0.2) is 0 Å². The van der Waals surface area contributed by atoms with E-state index in [0.29, 0.717) is 5.56 Å². The minimum absolute atomic E-state index is 0.294. The van der Waals surface area contributed by atoms with Crippen LogP contribution in [0.3, 0.4) is 0 Å². The Balaban J connectivity index is 1.77. The number of carbonyl (C=O) groups excluding carboxylic acids is 2. The number of nitrogens with one attached hydrogen (secondary N) is 1. The van der Waals surface area contributed by atoms with Gasteiger partial charge in [-0.25, -0.2) is 4.79 Å². The zero-order valence-electron chi connectivity index (χ0n) is 14.9. The molecule has 0 aliphatic heterocycles. The van der Waals surface area contributed by atoms with Crippen molar-refractivity contribution in [3.8, 4) is 11.1 Å². The summed E-state index contributed by atoms with van der Waals surface area (Å²) in [6, 6.07) is 24.0. The summed E-state index contributed by atoms with van der Waals surface area (Å²) >= 11 is 0. The van der Waals surface area contributed by atoms with Gasteiger partial charge in [-0.2, -0.15) is 0 Å². The Hall–Kier alpha value is -3.40. The van der Waals surface area contributed by atoms with E-state index in [2.05, 4.69) is 5.32 Å². The minimum atomic E-state index is -0.812. The fraction of sp³-hybridized carbons (Fsp3) is 0.130. The van der Waals surface area contributed by atoms with Crippen molar-refractivity contribution in [1.29, 1.82) is 0 Å². The van der Waals surface area contributed by atoms with Crippen LogP contribution in [0.5, 0.6) is 0 Å². The summed E-state index contributed by atoms with van der Waals surface area (Å²) in [4.78, 5) is 25.4. The van der Waals surface area contributed by atoms with E-state index >= 15 is 0 Å². The van der Waals surface area contributed by atoms with Crippen LogP contribution >= 0.6 is 0 Å². The molecule has 3 aromatic carbocycles. The molecular weight excluding hydrogens is 338 g/mol. The number of esters is 1. The van der Waals surface area contributed by atoms with Gasteiger partial charge in [-0.15, -0.1) is 0 Å². The lowest BCUT2D eigenvalue weighted by molar-refractivity contribution is -0.143. The number of ether oxygens (including phenoxy) is 1. The highest BCUT2D eigenvalue weighted by Gasteiger charge is 2.39. The average Bonchev–Trinajstić information content (AvgIpc) is 3.06. The molecule has 1 N–H and O–H groups in total.